The molecule has 0 spiro atoms. The molecule has 0 saturated carbocycles. The number of aromatic nitrogens is 3. The van der Waals surface area contributed by atoms with Crippen LogP contribution in [0.1, 0.15) is 15.9 Å². The first-order valence-electron chi connectivity index (χ1n) is 12.9. The molecule has 0 bridgehead atoms. The highest BCUT2D eigenvalue weighted by Gasteiger charge is 2.26. The van der Waals surface area contributed by atoms with Crippen LogP contribution < -0.4 is 19.1 Å². The van der Waals surface area contributed by atoms with Crippen LogP contribution in [0.25, 0.3) is 11.3 Å². The van der Waals surface area contributed by atoms with E-state index in [9.17, 15) is 4.79 Å². The number of anilines is 1. The van der Waals surface area contributed by atoms with Crippen LogP contribution in [0.2, 0.25) is 0 Å². The summed E-state index contributed by atoms with van der Waals surface area (Å²) in [5.41, 5.74) is 3.36. The minimum absolute atomic E-state index is 0.0190. The smallest absolute Gasteiger partial charge is 0.256 e. The molecule has 0 radical (unpaired) electrons. The summed E-state index contributed by atoms with van der Waals surface area (Å²) < 4.78 is 16.4. The zero-order valence-electron chi connectivity index (χ0n) is 23.0. The third kappa shape index (κ3) is 5.81. The standard InChI is InChI=1S/C30H31N5O4S/c1-20-7-9-22(10-8-20)40-28-23(6-5-12-31-28)29(36)34-14-16-35(17-15-34)30-32-13-11-24(33-30)21-18-25(37-2)27(39-4)26(19-21)38-3/h5-13,18-19H,14-17H2,1-4H3. The summed E-state index contributed by atoms with van der Waals surface area (Å²) in [6.45, 7) is 4.40. The van der Waals surface area contributed by atoms with Gasteiger partial charge in [-0.1, -0.05) is 29.5 Å². The van der Waals surface area contributed by atoms with E-state index in [1.165, 1.54) is 17.3 Å². The molecule has 1 aliphatic heterocycles. The van der Waals surface area contributed by atoms with Crippen LogP contribution in [0.3, 0.4) is 0 Å². The Morgan fingerprint density at radius 2 is 1.55 bits per heavy atom. The second kappa shape index (κ2) is 12.3. The molecule has 0 N–H and O–H groups in total. The number of benzene rings is 2. The van der Waals surface area contributed by atoms with Crippen molar-refractivity contribution in [3.8, 4) is 28.5 Å². The van der Waals surface area contributed by atoms with Crippen LogP contribution in [0.5, 0.6) is 17.2 Å². The predicted molar refractivity (Wildman–Crippen MR) is 155 cm³/mol. The van der Waals surface area contributed by atoms with Crippen LogP contribution in [-0.2, 0) is 0 Å². The Morgan fingerprint density at radius 1 is 0.850 bits per heavy atom. The summed E-state index contributed by atoms with van der Waals surface area (Å²) in [4.78, 5) is 32.4. The van der Waals surface area contributed by atoms with Gasteiger partial charge in [0.05, 0.1) is 32.6 Å². The first kappa shape index (κ1) is 27.3. The Labute approximate surface area is 238 Å². The molecule has 0 atom stereocenters. The van der Waals surface area contributed by atoms with Gasteiger partial charge < -0.3 is 24.0 Å². The lowest BCUT2D eigenvalue weighted by molar-refractivity contribution is 0.0742. The number of rotatable bonds is 8. The number of piperazine rings is 1. The van der Waals surface area contributed by atoms with Gasteiger partial charge in [0, 0.05) is 49.0 Å². The van der Waals surface area contributed by atoms with Crippen molar-refractivity contribution in [2.24, 2.45) is 0 Å². The quantitative estimate of drug-likeness (QED) is 0.297. The van der Waals surface area contributed by atoms with Crippen LogP contribution in [0.15, 0.2) is 76.9 Å². The Bertz CT molecular complexity index is 1460. The van der Waals surface area contributed by atoms with Gasteiger partial charge in [0.25, 0.3) is 5.91 Å². The number of hydrogen-bond donors (Lipinski definition) is 0. The number of hydrogen-bond acceptors (Lipinski definition) is 9. The lowest BCUT2D eigenvalue weighted by atomic mass is 10.1. The third-order valence-corrected chi connectivity index (χ3v) is 7.72. The largest absolute Gasteiger partial charge is 0.493 e. The fourth-order valence-electron chi connectivity index (χ4n) is 4.52. The predicted octanol–water partition coefficient (Wildman–Crippen LogP) is 4.99. The number of pyridine rings is 1. The van der Waals surface area contributed by atoms with Crippen molar-refractivity contribution in [3.63, 3.8) is 0 Å². The molecule has 1 saturated heterocycles. The van der Waals surface area contributed by atoms with E-state index in [0.29, 0.717) is 60.0 Å². The highest BCUT2D eigenvalue weighted by Crippen LogP contribution is 2.41. The van der Waals surface area contributed by atoms with E-state index in [1.807, 2.05) is 47.4 Å². The Balaban J connectivity index is 1.29. The number of methoxy groups -OCH3 is 3. The molecule has 206 valence electrons. The second-order valence-electron chi connectivity index (χ2n) is 9.21. The van der Waals surface area contributed by atoms with Gasteiger partial charge >= 0.3 is 0 Å². The van der Waals surface area contributed by atoms with E-state index < -0.39 is 0 Å². The Morgan fingerprint density at radius 3 is 2.20 bits per heavy atom. The van der Waals surface area contributed by atoms with Crippen molar-refractivity contribution in [2.45, 2.75) is 16.8 Å². The lowest BCUT2D eigenvalue weighted by Gasteiger charge is -2.35. The van der Waals surface area contributed by atoms with E-state index >= 15 is 0 Å². The van der Waals surface area contributed by atoms with Crippen molar-refractivity contribution in [2.75, 3.05) is 52.4 Å². The average molecular weight is 558 g/mol. The fourth-order valence-corrected chi connectivity index (χ4v) is 5.40. The highest BCUT2D eigenvalue weighted by molar-refractivity contribution is 7.99. The molecule has 0 unspecified atom stereocenters. The Hall–Kier alpha value is -4.31. The maximum atomic E-state index is 13.5. The summed E-state index contributed by atoms with van der Waals surface area (Å²) in [6, 6.07) is 17.5. The van der Waals surface area contributed by atoms with E-state index in [4.69, 9.17) is 19.2 Å². The van der Waals surface area contributed by atoms with E-state index in [-0.39, 0.29) is 5.91 Å². The van der Waals surface area contributed by atoms with Gasteiger partial charge in [-0.3, -0.25) is 4.79 Å². The first-order chi connectivity index (χ1) is 19.5. The second-order valence-corrected chi connectivity index (χ2v) is 10.3. The number of carbonyl (C=O) groups excluding carboxylic acids is 1. The molecule has 9 nitrogen and oxygen atoms in total. The van der Waals surface area contributed by atoms with Crippen molar-refractivity contribution in [1.29, 1.82) is 0 Å². The molecule has 1 aliphatic rings. The minimum Gasteiger partial charge on any atom is -0.493 e. The first-order valence-corrected chi connectivity index (χ1v) is 13.7. The van der Waals surface area contributed by atoms with Crippen LogP contribution >= 0.6 is 11.8 Å². The monoisotopic (exact) mass is 557 g/mol. The van der Waals surface area contributed by atoms with Gasteiger partial charge in [0.1, 0.15) is 5.03 Å². The molecule has 0 aliphatic carbocycles. The van der Waals surface area contributed by atoms with Crippen LogP contribution in [0, 0.1) is 6.92 Å². The molecule has 4 aromatic rings. The van der Waals surface area contributed by atoms with E-state index in [1.54, 1.807) is 33.7 Å². The normalized spacial score (nSPS) is 13.2. The van der Waals surface area contributed by atoms with Crippen molar-refractivity contribution >= 4 is 23.6 Å². The molecular weight excluding hydrogens is 526 g/mol. The van der Waals surface area contributed by atoms with Gasteiger partial charge in [-0.25, -0.2) is 15.0 Å². The molecule has 1 amide bonds. The van der Waals surface area contributed by atoms with Crippen LogP contribution in [0.4, 0.5) is 5.95 Å². The molecule has 40 heavy (non-hydrogen) atoms. The van der Waals surface area contributed by atoms with Gasteiger partial charge in [0.15, 0.2) is 11.5 Å². The third-order valence-electron chi connectivity index (χ3n) is 6.69. The SMILES string of the molecule is COc1cc(-c2ccnc(N3CCN(C(=O)c4cccnc4Sc4ccc(C)cc4)CC3)n2)cc(OC)c1OC. The van der Waals surface area contributed by atoms with Gasteiger partial charge in [-0.2, -0.15) is 0 Å². The molecule has 2 aromatic heterocycles. The number of ether oxygens (including phenoxy) is 3. The minimum atomic E-state index is -0.0190. The highest BCUT2D eigenvalue weighted by atomic mass is 32.2. The van der Waals surface area contributed by atoms with Crippen molar-refractivity contribution < 1.29 is 19.0 Å². The summed E-state index contributed by atoms with van der Waals surface area (Å²) in [7, 11) is 4.75. The zero-order valence-corrected chi connectivity index (χ0v) is 23.8. The number of amides is 1. The zero-order chi connectivity index (χ0) is 28.1. The molecule has 2 aromatic carbocycles. The topological polar surface area (TPSA) is 89.9 Å². The fraction of sp³-hybridized carbons (Fsp3) is 0.267. The van der Waals surface area contributed by atoms with Crippen molar-refractivity contribution in [3.05, 3.63) is 78.1 Å². The summed E-state index contributed by atoms with van der Waals surface area (Å²) in [5, 5.41) is 0.708. The number of nitrogens with zero attached hydrogens (tertiary/aromatic N) is 5. The maximum absolute atomic E-state index is 13.5. The molecular formula is C30H31N5O4S. The molecule has 10 heteroatoms. The van der Waals surface area contributed by atoms with E-state index in [2.05, 4.69) is 33.9 Å². The van der Waals surface area contributed by atoms with Crippen LogP contribution in [-0.4, -0.2) is 73.3 Å². The van der Waals surface area contributed by atoms with Gasteiger partial charge in [0.2, 0.25) is 11.7 Å². The number of aryl methyl sites for hydroxylation is 1. The van der Waals surface area contributed by atoms with Gasteiger partial charge in [-0.15, -0.1) is 0 Å². The Kier molecular flexibility index (Phi) is 8.35. The van der Waals surface area contributed by atoms with Crippen molar-refractivity contribution in [1.82, 2.24) is 19.9 Å². The summed E-state index contributed by atoms with van der Waals surface area (Å²) in [6.07, 6.45) is 3.46. The molecule has 3 heterocycles. The maximum Gasteiger partial charge on any atom is 0.256 e. The summed E-state index contributed by atoms with van der Waals surface area (Å²) in [5.74, 6) is 2.22. The average Bonchev–Trinajstić information content (AvgIpc) is 3.01. The van der Waals surface area contributed by atoms with Gasteiger partial charge in [-0.05, 0) is 49.4 Å². The lowest BCUT2D eigenvalue weighted by Crippen LogP contribution is -2.49. The molecule has 5 rings (SSSR count). The molecule has 1 fully saturated rings. The summed E-state index contributed by atoms with van der Waals surface area (Å²) >= 11 is 1.50. The number of carbonyl (C=O) groups is 1. The van der Waals surface area contributed by atoms with E-state index in [0.717, 1.165) is 16.2 Å².